The molecule has 0 bridgehead atoms. The first kappa shape index (κ1) is 14.3. The van der Waals surface area contributed by atoms with Crippen LogP contribution in [0.5, 0.6) is 5.88 Å². The smallest absolute Gasteiger partial charge is 0.212 e. The van der Waals surface area contributed by atoms with Crippen LogP contribution in [-0.4, -0.2) is 17.9 Å². The largest absolute Gasteiger partial charge is 0.481 e. The summed E-state index contributed by atoms with van der Waals surface area (Å²) in [4.78, 5) is 16.0. The molecule has 0 saturated heterocycles. The normalized spacial score (nSPS) is 10.2. The number of ether oxygens (including phenoxy) is 1. The Kier molecular flexibility index (Phi) is 5.30. The third kappa shape index (κ3) is 4.50. The van der Waals surface area contributed by atoms with Crippen LogP contribution in [0.2, 0.25) is 0 Å². The molecule has 2 aromatic rings. The van der Waals surface area contributed by atoms with Crippen LogP contribution in [0.25, 0.3) is 0 Å². The molecule has 1 aromatic carbocycles. The minimum Gasteiger partial charge on any atom is -0.481 e. The fourth-order valence-electron chi connectivity index (χ4n) is 2.09. The molecule has 0 spiro atoms. The molecule has 0 N–H and O–H groups in total. The number of Topliss-reactive ketones (excluding diaryl/α,β-unsaturated/α-hetero) is 1. The van der Waals surface area contributed by atoms with Crippen LogP contribution in [0.1, 0.15) is 24.0 Å². The first-order valence-electron chi connectivity index (χ1n) is 6.82. The highest BCUT2D eigenvalue weighted by Gasteiger charge is 2.05. The summed E-state index contributed by atoms with van der Waals surface area (Å²) >= 11 is 0. The van der Waals surface area contributed by atoms with E-state index < -0.39 is 0 Å². The predicted molar refractivity (Wildman–Crippen MR) is 78.9 cm³/mol. The van der Waals surface area contributed by atoms with Crippen LogP contribution >= 0.6 is 0 Å². The van der Waals surface area contributed by atoms with E-state index in [4.69, 9.17) is 4.74 Å². The van der Waals surface area contributed by atoms with Crippen molar-refractivity contribution in [3.8, 4) is 5.88 Å². The lowest BCUT2D eigenvalue weighted by Gasteiger charge is -2.03. The first-order valence-corrected chi connectivity index (χ1v) is 6.82. The van der Waals surface area contributed by atoms with Crippen molar-refractivity contribution in [1.82, 2.24) is 4.98 Å². The van der Waals surface area contributed by atoms with Crippen LogP contribution in [0, 0.1) is 0 Å². The van der Waals surface area contributed by atoms with Gasteiger partial charge in [0.15, 0.2) is 0 Å². The molecular weight excluding hydrogens is 250 g/mol. The first-order chi connectivity index (χ1) is 9.78. The Morgan fingerprint density at radius 2 is 1.90 bits per heavy atom. The monoisotopic (exact) mass is 269 g/mol. The molecule has 0 aliphatic heterocycles. The number of hydrogen-bond acceptors (Lipinski definition) is 3. The van der Waals surface area contributed by atoms with Gasteiger partial charge in [0.25, 0.3) is 0 Å². The van der Waals surface area contributed by atoms with Crippen LogP contribution in [0.4, 0.5) is 0 Å². The van der Waals surface area contributed by atoms with Crippen molar-refractivity contribution in [2.45, 2.75) is 25.7 Å². The molecule has 104 valence electrons. The van der Waals surface area contributed by atoms with Crippen molar-refractivity contribution in [3.05, 3.63) is 59.8 Å². The summed E-state index contributed by atoms with van der Waals surface area (Å²) in [5, 5.41) is 0. The Morgan fingerprint density at radius 1 is 1.10 bits per heavy atom. The lowest BCUT2D eigenvalue weighted by atomic mass is 10.0. The van der Waals surface area contributed by atoms with Crippen molar-refractivity contribution in [1.29, 1.82) is 0 Å². The second-order valence-electron chi connectivity index (χ2n) is 4.76. The van der Waals surface area contributed by atoms with Crippen molar-refractivity contribution in [2.75, 3.05) is 7.11 Å². The summed E-state index contributed by atoms with van der Waals surface area (Å²) in [5.41, 5.74) is 2.22. The minimum atomic E-state index is 0.257. The van der Waals surface area contributed by atoms with Crippen LogP contribution in [0.3, 0.4) is 0 Å². The molecule has 1 aromatic heterocycles. The molecule has 2 rings (SSSR count). The second kappa shape index (κ2) is 7.43. The van der Waals surface area contributed by atoms with Gasteiger partial charge in [-0.15, -0.1) is 0 Å². The van der Waals surface area contributed by atoms with Crippen molar-refractivity contribution >= 4 is 5.78 Å². The van der Waals surface area contributed by atoms with E-state index in [1.165, 1.54) is 5.56 Å². The highest BCUT2D eigenvalue weighted by molar-refractivity contribution is 5.80. The van der Waals surface area contributed by atoms with Crippen LogP contribution in [-0.2, 0) is 17.6 Å². The van der Waals surface area contributed by atoms with Gasteiger partial charge in [-0.05, 0) is 24.0 Å². The number of rotatable bonds is 7. The number of aryl methyl sites for hydroxylation is 1. The highest BCUT2D eigenvalue weighted by Crippen LogP contribution is 2.10. The van der Waals surface area contributed by atoms with E-state index in [1.807, 2.05) is 24.3 Å². The van der Waals surface area contributed by atoms with Gasteiger partial charge in [-0.2, -0.15) is 0 Å². The van der Waals surface area contributed by atoms with E-state index in [0.29, 0.717) is 18.7 Å². The van der Waals surface area contributed by atoms with E-state index in [1.54, 1.807) is 19.4 Å². The fourth-order valence-corrected chi connectivity index (χ4v) is 2.09. The fraction of sp³-hybridized carbons (Fsp3) is 0.294. The molecule has 3 nitrogen and oxygen atoms in total. The topological polar surface area (TPSA) is 39.2 Å². The van der Waals surface area contributed by atoms with E-state index in [2.05, 4.69) is 17.1 Å². The Morgan fingerprint density at radius 3 is 2.55 bits per heavy atom. The molecule has 20 heavy (non-hydrogen) atoms. The van der Waals surface area contributed by atoms with E-state index >= 15 is 0 Å². The number of pyridine rings is 1. The second-order valence-corrected chi connectivity index (χ2v) is 4.76. The zero-order chi connectivity index (χ0) is 14.2. The lowest BCUT2D eigenvalue weighted by Crippen LogP contribution is -2.03. The number of nitrogens with zero attached hydrogens (tertiary/aromatic N) is 1. The maximum absolute atomic E-state index is 11.9. The van der Waals surface area contributed by atoms with E-state index in [0.717, 1.165) is 18.4 Å². The van der Waals surface area contributed by atoms with Gasteiger partial charge in [-0.25, -0.2) is 4.98 Å². The van der Waals surface area contributed by atoms with Gasteiger partial charge < -0.3 is 4.74 Å². The van der Waals surface area contributed by atoms with Crippen LogP contribution < -0.4 is 4.74 Å². The Labute approximate surface area is 119 Å². The molecular formula is C17H19NO2. The summed E-state index contributed by atoms with van der Waals surface area (Å²) < 4.78 is 4.99. The summed E-state index contributed by atoms with van der Waals surface area (Å²) in [6.45, 7) is 0. The summed E-state index contributed by atoms with van der Waals surface area (Å²) in [6.07, 6.45) is 4.61. The molecule has 0 unspecified atom stereocenters. The average molecular weight is 269 g/mol. The quantitative estimate of drug-likeness (QED) is 0.774. The van der Waals surface area contributed by atoms with E-state index in [-0.39, 0.29) is 5.78 Å². The third-order valence-corrected chi connectivity index (χ3v) is 3.17. The maximum atomic E-state index is 11.9. The number of hydrogen-bond donors (Lipinski definition) is 0. The van der Waals surface area contributed by atoms with Gasteiger partial charge in [-0.3, -0.25) is 4.79 Å². The number of methoxy groups -OCH3 is 1. The maximum Gasteiger partial charge on any atom is 0.212 e. The van der Waals surface area contributed by atoms with Gasteiger partial charge in [0.2, 0.25) is 5.88 Å². The number of carbonyl (C=O) groups is 1. The predicted octanol–water partition coefficient (Wildman–Crippen LogP) is 3.22. The Balaban J connectivity index is 1.74. The highest BCUT2D eigenvalue weighted by atomic mass is 16.5. The number of carbonyl (C=O) groups excluding carboxylic acids is 1. The molecule has 0 aliphatic rings. The molecule has 3 heteroatoms. The van der Waals surface area contributed by atoms with Crippen molar-refractivity contribution in [2.24, 2.45) is 0 Å². The molecule has 1 heterocycles. The summed E-state index contributed by atoms with van der Waals surface area (Å²) in [5.74, 6) is 0.832. The third-order valence-electron chi connectivity index (χ3n) is 3.17. The van der Waals surface area contributed by atoms with Gasteiger partial charge in [-0.1, -0.05) is 36.4 Å². The number of ketones is 1. The van der Waals surface area contributed by atoms with E-state index in [9.17, 15) is 4.79 Å². The molecule has 0 saturated carbocycles. The van der Waals surface area contributed by atoms with Gasteiger partial charge in [0, 0.05) is 25.1 Å². The molecule has 0 radical (unpaired) electrons. The summed E-state index contributed by atoms with van der Waals surface area (Å²) in [7, 11) is 1.58. The standard InChI is InChI=1S/C17H19NO2/c1-20-17-11-10-15(13-18-17)12-16(19)9-5-8-14-6-3-2-4-7-14/h2-4,6-7,10-11,13H,5,8-9,12H2,1H3. The van der Waals surface area contributed by atoms with Crippen LogP contribution in [0.15, 0.2) is 48.7 Å². The van der Waals surface area contributed by atoms with Gasteiger partial charge >= 0.3 is 0 Å². The molecule has 0 amide bonds. The SMILES string of the molecule is COc1ccc(CC(=O)CCCc2ccccc2)cn1. The number of aromatic nitrogens is 1. The zero-order valence-electron chi connectivity index (χ0n) is 11.7. The molecule has 0 aliphatic carbocycles. The molecule has 0 fully saturated rings. The Bertz CT molecular complexity index is 535. The zero-order valence-corrected chi connectivity index (χ0v) is 11.7. The average Bonchev–Trinajstić information content (AvgIpc) is 2.49. The summed E-state index contributed by atoms with van der Waals surface area (Å²) in [6, 6.07) is 13.9. The van der Waals surface area contributed by atoms with Crippen molar-refractivity contribution in [3.63, 3.8) is 0 Å². The van der Waals surface area contributed by atoms with Gasteiger partial charge in [0.05, 0.1) is 7.11 Å². The van der Waals surface area contributed by atoms with Gasteiger partial charge in [0.1, 0.15) is 5.78 Å². The Hall–Kier alpha value is -2.16. The van der Waals surface area contributed by atoms with Crippen molar-refractivity contribution < 1.29 is 9.53 Å². The lowest BCUT2D eigenvalue weighted by molar-refractivity contribution is -0.118. The number of benzene rings is 1. The molecule has 0 atom stereocenters. The minimum absolute atomic E-state index is 0.257.